The van der Waals surface area contributed by atoms with Gasteiger partial charge < -0.3 is 10.6 Å². The first-order valence-corrected chi connectivity index (χ1v) is 7.32. The summed E-state index contributed by atoms with van der Waals surface area (Å²) in [7, 11) is 0. The zero-order valence-electron chi connectivity index (χ0n) is 11.5. The van der Waals surface area contributed by atoms with E-state index in [4.69, 9.17) is 5.73 Å². The average molecular weight is 246 g/mol. The van der Waals surface area contributed by atoms with Crippen LogP contribution in [0.25, 0.3) is 0 Å². The Balaban J connectivity index is 1.67. The van der Waals surface area contributed by atoms with Crippen molar-refractivity contribution in [3.8, 4) is 0 Å². The number of benzene rings is 1. The molecule has 2 heteroatoms. The van der Waals surface area contributed by atoms with E-state index in [-0.39, 0.29) is 6.04 Å². The van der Waals surface area contributed by atoms with Crippen LogP contribution in [0.15, 0.2) is 30.3 Å². The van der Waals surface area contributed by atoms with Crippen LogP contribution < -0.4 is 5.73 Å². The Bertz CT molecular complexity index is 332. The molecule has 1 fully saturated rings. The van der Waals surface area contributed by atoms with Crippen molar-refractivity contribution in [2.45, 2.75) is 38.6 Å². The highest BCUT2D eigenvalue weighted by Crippen LogP contribution is 2.29. The van der Waals surface area contributed by atoms with Gasteiger partial charge in [-0.25, -0.2) is 0 Å². The molecule has 1 saturated carbocycles. The van der Waals surface area contributed by atoms with Crippen LogP contribution in [-0.4, -0.2) is 24.5 Å². The molecule has 0 aromatic heterocycles. The third-order valence-corrected chi connectivity index (χ3v) is 3.88. The fourth-order valence-corrected chi connectivity index (χ4v) is 2.45. The monoisotopic (exact) mass is 246 g/mol. The van der Waals surface area contributed by atoms with Gasteiger partial charge in [-0.1, -0.05) is 37.3 Å². The maximum atomic E-state index is 6.22. The summed E-state index contributed by atoms with van der Waals surface area (Å²) in [4.78, 5) is 2.58. The first kappa shape index (κ1) is 13.6. The summed E-state index contributed by atoms with van der Waals surface area (Å²) in [5, 5.41) is 0. The molecule has 2 nitrogen and oxygen atoms in total. The fourth-order valence-electron chi connectivity index (χ4n) is 2.45. The van der Waals surface area contributed by atoms with E-state index in [1.165, 1.54) is 44.5 Å². The molecule has 2 rings (SSSR count). The Morgan fingerprint density at radius 3 is 2.61 bits per heavy atom. The van der Waals surface area contributed by atoms with E-state index >= 15 is 0 Å². The van der Waals surface area contributed by atoms with E-state index in [1.54, 1.807) is 0 Å². The molecule has 0 bridgehead atoms. The number of nitrogens with two attached hydrogens (primary N) is 1. The lowest BCUT2D eigenvalue weighted by Gasteiger charge is -2.21. The van der Waals surface area contributed by atoms with E-state index in [2.05, 4.69) is 36.1 Å². The van der Waals surface area contributed by atoms with Crippen molar-refractivity contribution >= 4 is 0 Å². The van der Waals surface area contributed by atoms with Crippen molar-refractivity contribution in [2.24, 2.45) is 11.7 Å². The van der Waals surface area contributed by atoms with E-state index in [9.17, 15) is 0 Å². The summed E-state index contributed by atoms with van der Waals surface area (Å²) >= 11 is 0. The van der Waals surface area contributed by atoms with Gasteiger partial charge in [-0.05, 0) is 50.3 Å². The van der Waals surface area contributed by atoms with Crippen LogP contribution in [0.1, 0.15) is 44.2 Å². The van der Waals surface area contributed by atoms with Gasteiger partial charge in [0, 0.05) is 12.6 Å². The second kappa shape index (κ2) is 6.91. The summed E-state index contributed by atoms with van der Waals surface area (Å²) in [5.74, 6) is 0.993. The third kappa shape index (κ3) is 4.43. The molecule has 1 aromatic rings. The second-order valence-electron chi connectivity index (χ2n) is 5.50. The lowest BCUT2D eigenvalue weighted by Crippen LogP contribution is -2.27. The Hall–Kier alpha value is -0.860. The average Bonchev–Trinajstić information content (AvgIpc) is 3.22. The molecular weight excluding hydrogens is 220 g/mol. The van der Waals surface area contributed by atoms with Crippen LogP contribution in [0.4, 0.5) is 0 Å². The lowest BCUT2D eigenvalue weighted by atomic mass is 10.0. The third-order valence-electron chi connectivity index (χ3n) is 3.88. The first-order chi connectivity index (χ1) is 8.79. The number of hydrogen-bond acceptors (Lipinski definition) is 2. The normalized spacial score (nSPS) is 17.1. The van der Waals surface area contributed by atoms with Gasteiger partial charge in [0.05, 0.1) is 0 Å². The maximum absolute atomic E-state index is 6.22. The van der Waals surface area contributed by atoms with Gasteiger partial charge in [0.1, 0.15) is 0 Å². The summed E-state index contributed by atoms with van der Waals surface area (Å²) in [6.45, 7) is 5.95. The SMILES string of the molecule is CCN(CCCC(N)c1ccccc1)CC1CC1. The quantitative estimate of drug-likeness (QED) is 0.763. The van der Waals surface area contributed by atoms with E-state index < -0.39 is 0 Å². The molecule has 0 heterocycles. The highest BCUT2D eigenvalue weighted by molar-refractivity contribution is 5.18. The van der Waals surface area contributed by atoms with Gasteiger partial charge in [-0.3, -0.25) is 0 Å². The molecule has 2 N–H and O–H groups in total. The minimum atomic E-state index is 0.200. The van der Waals surface area contributed by atoms with Crippen LogP contribution in [0.3, 0.4) is 0 Å². The Morgan fingerprint density at radius 2 is 2.00 bits per heavy atom. The van der Waals surface area contributed by atoms with Gasteiger partial charge in [-0.15, -0.1) is 0 Å². The molecule has 0 radical (unpaired) electrons. The van der Waals surface area contributed by atoms with Gasteiger partial charge >= 0.3 is 0 Å². The van der Waals surface area contributed by atoms with Crippen molar-refractivity contribution < 1.29 is 0 Å². The van der Waals surface area contributed by atoms with Crippen molar-refractivity contribution in [2.75, 3.05) is 19.6 Å². The largest absolute Gasteiger partial charge is 0.324 e. The first-order valence-electron chi connectivity index (χ1n) is 7.32. The number of nitrogens with zero attached hydrogens (tertiary/aromatic N) is 1. The molecule has 100 valence electrons. The highest BCUT2D eigenvalue weighted by Gasteiger charge is 2.23. The van der Waals surface area contributed by atoms with Crippen molar-refractivity contribution in [3.63, 3.8) is 0 Å². The molecule has 0 spiro atoms. The Kier molecular flexibility index (Phi) is 5.21. The van der Waals surface area contributed by atoms with E-state index in [0.29, 0.717) is 0 Å². The molecule has 1 aliphatic rings. The van der Waals surface area contributed by atoms with Crippen molar-refractivity contribution in [3.05, 3.63) is 35.9 Å². The maximum Gasteiger partial charge on any atom is 0.0295 e. The predicted molar refractivity (Wildman–Crippen MR) is 77.4 cm³/mol. The Labute approximate surface area is 111 Å². The molecule has 18 heavy (non-hydrogen) atoms. The van der Waals surface area contributed by atoms with Crippen LogP contribution in [0.2, 0.25) is 0 Å². The molecular formula is C16H26N2. The number of rotatable bonds is 8. The predicted octanol–water partition coefficient (Wildman–Crippen LogP) is 3.20. The highest BCUT2D eigenvalue weighted by atomic mass is 15.1. The molecule has 1 aliphatic carbocycles. The van der Waals surface area contributed by atoms with Crippen LogP contribution in [0, 0.1) is 5.92 Å². The number of hydrogen-bond donors (Lipinski definition) is 1. The van der Waals surface area contributed by atoms with Crippen molar-refractivity contribution in [1.29, 1.82) is 0 Å². The molecule has 1 aromatic carbocycles. The van der Waals surface area contributed by atoms with E-state index in [0.717, 1.165) is 12.3 Å². The van der Waals surface area contributed by atoms with Crippen LogP contribution >= 0.6 is 0 Å². The van der Waals surface area contributed by atoms with E-state index in [1.807, 2.05) is 6.07 Å². The smallest absolute Gasteiger partial charge is 0.0295 e. The molecule has 1 atom stereocenters. The summed E-state index contributed by atoms with van der Waals surface area (Å²) in [6, 6.07) is 10.6. The van der Waals surface area contributed by atoms with Gasteiger partial charge in [0.15, 0.2) is 0 Å². The topological polar surface area (TPSA) is 29.3 Å². The van der Waals surface area contributed by atoms with Gasteiger partial charge in [-0.2, -0.15) is 0 Å². The standard InChI is InChI=1S/C16H26N2/c1-2-18(13-14-10-11-14)12-6-9-16(17)15-7-4-3-5-8-15/h3-5,7-8,14,16H,2,6,9-13,17H2,1H3. The summed E-state index contributed by atoms with van der Waals surface area (Å²) in [6.07, 6.45) is 5.18. The van der Waals surface area contributed by atoms with Crippen LogP contribution in [0.5, 0.6) is 0 Å². The molecule has 0 aliphatic heterocycles. The molecule has 1 unspecified atom stereocenters. The minimum absolute atomic E-state index is 0.200. The molecule has 0 amide bonds. The van der Waals surface area contributed by atoms with Gasteiger partial charge in [0.2, 0.25) is 0 Å². The Morgan fingerprint density at radius 1 is 1.28 bits per heavy atom. The zero-order chi connectivity index (χ0) is 12.8. The van der Waals surface area contributed by atoms with Gasteiger partial charge in [0.25, 0.3) is 0 Å². The summed E-state index contributed by atoms with van der Waals surface area (Å²) in [5.41, 5.74) is 7.48. The van der Waals surface area contributed by atoms with Crippen LogP contribution in [-0.2, 0) is 0 Å². The fraction of sp³-hybridized carbons (Fsp3) is 0.625. The lowest BCUT2D eigenvalue weighted by molar-refractivity contribution is 0.268. The summed E-state index contributed by atoms with van der Waals surface area (Å²) < 4.78 is 0. The molecule has 0 saturated heterocycles. The second-order valence-corrected chi connectivity index (χ2v) is 5.50. The van der Waals surface area contributed by atoms with Crippen molar-refractivity contribution in [1.82, 2.24) is 4.90 Å². The minimum Gasteiger partial charge on any atom is -0.324 e. The zero-order valence-corrected chi connectivity index (χ0v) is 11.5.